The van der Waals surface area contributed by atoms with E-state index in [1.54, 1.807) is 0 Å². The maximum atomic E-state index is 4.52. The predicted molar refractivity (Wildman–Crippen MR) is 63.9 cm³/mol. The highest BCUT2D eigenvalue weighted by atomic mass is 32.2. The number of hydrogen-bond acceptors (Lipinski definition) is 4. The first-order valence-corrected chi connectivity index (χ1v) is 6.97. The quantitative estimate of drug-likeness (QED) is 0.861. The van der Waals surface area contributed by atoms with Gasteiger partial charge in [-0.25, -0.2) is 4.98 Å². The Bertz CT molecular complexity index is 279. The standard InChI is InChI=1S/C10H16N2S2/c1-11-6-8-7-12-10(14-8)9-4-2-3-5-13-9/h7,9,11H,2-6H2,1H3. The molecule has 1 N–H and O–H groups in total. The average molecular weight is 228 g/mol. The lowest BCUT2D eigenvalue weighted by molar-refractivity contribution is 0.683. The summed E-state index contributed by atoms with van der Waals surface area (Å²) in [5.74, 6) is 1.31. The highest BCUT2D eigenvalue weighted by Gasteiger charge is 2.18. The van der Waals surface area contributed by atoms with Gasteiger partial charge in [0.05, 0.1) is 5.25 Å². The van der Waals surface area contributed by atoms with Gasteiger partial charge in [0.15, 0.2) is 0 Å². The average Bonchev–Trinajstić information content (AvgIpc) is 2.68. The molecule has 2 nitrogen and oxygen atoms in total. The van der Waals surface area contributed by atoms with Gasteiger partial charge in [-0.05, 0) is 25.6 Å². The van der Waals surface area contributed by atoms with Crippen LogP contribution in [0.2, 0.25) is 0 Å². The zero-order valence-electron chi connectivity index (χ0n) is 8.45. The molecule has 0 amide bonds. The number of aromatic nitrogens is 1. The van der Waals surface area contributed by atoms with Gasteiger partial charge in [-0.1, -0.05) is 6.42 Å². The molecule has 1 saturated heterocycles. The van der Waals surface area contributed by atoms with E-state index in [1.165, 1.54) is 34.9 Å². The summed E-state index contributed by atoms with van der Waals surface area (Å²) < 4.78 is 0. The molecule has 1 fully saturated rings. The molecule has 0 aromatic carbocycles. The van der Waals surface area contributed by atoms with E-state index in [4.69, 9.17) is 0 Å². The van der Waals surface area contributed by atoms with Crippen molar-refractivity contribution in [2.24, 2.45) is 0 Å². The molecule has 0 radical (unpaired) electrons. The van der Waals surface area contributed by atoms with E-state index in [9.17, 15) is 0 Å². The van der Waals surface area contributed by atoms with Gasteiger partial charge in [0.2, 0.25) is 0 Å². The monoisotopic (exact) mass is 228 g/mol. The number of hydrogen-bond donors (Lipinski definition) is 1. The fourth-order valence-electron chi connectivity index (χ4n) is 1.66. The van der Waals surface area contributed by atoms with Crippen molar-refractivity contribution >= 4 is 23.1 Å². The number of nitrogens with zero attached hydrogens (tertiary/aromatic N) is 1. The molecule has 0 saturated carbocycles. The third-order valence-corrected chi connectivity index (χ3v) is 5.02. The molecule has 0 aliphatic carbocycles. The first-order chi connectivity index (χ1) is 6.90. The van der Waals surface area contributed by atoms with Gasteiger partial charge in [0.25, 0.3) is 0 Å². The Labute approximate surface area is 93.5 Å². The van der Waals surface area contributed by atoms with Crippen LogP contribution < -0.4 is 5.32 Å². The van der Waals surface area contributed by atoms with Gasteiger partial charge in [-0.2, -0.15) is 11.8 Å². The normalized spacial score (nSPS) is 22.5. The smallest absolute Gasteiger partial charge is 0.106 e. The molecule has 1 atom stereocenters. The van der Waals surface area contributed by atoms with Crippen LogP contribution in [0.4, 0.5) is 0 Å². The molecule has 1 aliphatic rings. The first kappa shape index (κ1) is 10.5. The van der Waals surface area contributed by atoms with Crippen LogP contribution in [0.25, 0.3) is 0 Å². The largest absolute Gasteiger partial charge is 0.315 e. The molecular formula is C10H16N2S2. The lowest BCUT2D eigenvalue weighted by Gasteiger charge is -2.18. The zero-order valence-corrected chi connectivity index (χ0v) is 10.1. The van der Waals surface area contributed by atoms with Crippen LogP contribution in [0.15, 0.2) is 6.20 Å². The van der Waals surface area contributed by atoms with Crippen molar-refractivity contribution in [1.29, 1.82) is 0 Å². The van der Waals surface area contributed by atoms with E-state index in [0.717, 1.165) is 6.54 Å². The molecule has 4 heteroatoms. The van der Waals surface area contributed by atoms with Crippen LogP contribution in [0, 0.1) is 0 Å². The molecule has 1 unspecified atom stereocenters. The van der Waals surface area contributed by atoms with Crippen LogP contribution in [0.3, 0.4) is 0 Å². The summed E-state index contributed by atoms with van der Waals surface area (Å²) in [6.07, 6.45) is 6.09. The second-order valence-electron chi connectivity index (χ2n) is 3.55. The molecule has 0 bridgehead atoms. The number of thioether (sulfide) groups is 1. The van der Waals surface area contributed by atoms with Gasteiger partial charge >= 0.3 is 0 Å². The number of nitrogens with one attached hydrogen (secondary N) is 1. The molecule has 14 heavy (non-hydrogen) atoms. The summed E-state index contributed by atoms with van der Waals surface area (Å²) in [5.41, 5.74) is 0. The Morgan fingerprint density at radius 1 is 1.57 bits per heavy atom. The zero-order chi connectivity index (χ0) is 9.80. The van der Waals surface area contributed by atoms with Crippen molar-refractivity contribution in [3.8, 4) is 0 Å². The minimum Gasteiger partial charge on any atom is -0.315 e. The van der Waals surface area contributed by atoms with Gasteiger partial charge in [0.1, 0.15) is 5.01 Å². The lowest BCUT2D eigenvalue weighted by atomic mass is 10.2. The summed E-state index contributed by atoms with van der Waals surface area (Å²) in [5, 5.41) is 5.18. The predicted octanol–water partition coefficient (Wildman–Crippen LogP) is 2.82. The Kier molecular flexibility index (Phi) is 3.84. The summed E-state index contributed by atoms with van der Waals surface area (Å²) >= 11 is 3.94. The van der Waals surface area contributed by atoms with Gasteiger partial charge < -0.3 is 5.32 Å². The topological polar surface area (TPSA) is 24.9 Å². The maximum absolute atomic E-state index is 4.52. The fraction of sp³-hybridized carbons (Fsp3) is 0.700. The summed E-state index contributed by atoms with van der Waals surface area (Å²) in [6.45, 7) is 0.953. The van der Waals surface area contributed by atoms with Crippen molar-refractivity contribution in [3.05, 3.63) is 16.1 Å². The highest BCUT2D eigenvalue weighted by Crippen LogP contribution is 2.39. The van der Waals surface area contributed by atoms with Crippen molar-refractivity contribution in [2.45, 2.75) is 31.1 Å². The second kappa shape index (κ2) is 5.14. The molecular weight excluding hydrogens is 212 g/mol. The minimum atomic E-state index is 0.680. The van der Waals surface area contributed by atoms with E-state index in [0.29, 0.717) is 5.25 Å². The van der Waals surface area contributed by atoms with Crippen LogP contribution in [-0.2, 0) is 6.54 Å². The second-order valence-corrected chi connectivity index (χ2v) is 6.01. The summed E-state index contributed by atoms with van der Waals surface area (Å²) in [6, 6.07) is 0. The van der Waals surface area contributed by atoms with Crippen molar-refractivity contribution < 1.29 is 0 Å². The maximum Gasteiger partial charge on any atom is 0.106 e. The number of rotatable bonds is 3. The highest BCUT2D eigenvalue weighted by molar-refractivity contribution is 7.99. The molecule has 2 heterocycles. The van der Waals surface area contributed by atoms with Gasteiger partial charge in [0, 0.05) is 17.6 Å². The summed E-state index contributed by atoms with van der Waals surface area (Å²) in [7, 11) is 1.98. The Morgan fingerprint density at radius 2 is 2.50 bits per heavy atom. The third-order valence-electron chi connectivity index (χ3n) is 2.38. The number of thiazole rings is 1. The fourth-order valence-corrected chi connectivity index (χ4v) is 4.15. The first-order valence-electron chi connectivity index (χ1n) is 5.11. The van der Waals surface area contributed by atoms with Crippen molar-refractivity contribution in [1.82, 2.24) is 10.3 Å². The SMILES string of the molecule is CNCc1cnc(C2CCCCS2)s1. The van der Waals surface area contributed by atoms with Crippen molar-refractivity contribution in [2.75, 3.05) is 12.8 Å². The molecule has 2 rings (SSSR count). The van der Waals surface area contributed by atoms with Crippen LogP contribution in [0.1, 0.15) is 34.4 Å². The van der Waals surface area contributed by atoms with E-state index in [1.807, 2.05) is 24.6 Å². The lowest BCUT2D eigenvalue weighted by Crippen LogP contribution is -2.02. The molecule has 0 spiro atoms. The molecule has 1 aliphatic heterocycles. The Morgan fingerprint density at radius 3 is 3.21 bits per heavy atom. The third kappa shape index (κ3) is 2.49. The van der Waals surface area contributed by atoms with E-state index in [2.05, 4.69) is 22.1 Å². The van der Waals surface area contributed by atoms with E-state index < -0.39 is 0 Å². The minimum absolute atomic E-state index is 0.680. The van der Waals surface area contributed by atoms with Crippen molar-refractivity contribution in [3.63, 3.8) is 0 Å². The van der Waals surface area contributed by atoms with Gasteiger partial charge in [-0.3, -0.25) is 0 Å². The Hall–Kier alpha value is -0.0600. The Balaban J connectivity index is 2.00. The molecule has 1 aromatic rings. The van der Waals surface area contributed by atoms with Crippen LogP contribution in [0.5, 0.6) is 0 Å². The van der Waals surface area contributed by atoms with Gasteiger partial charge in [-0.15, -0.1) is 11.3 Å². The molecule has 1 aromatic heterocycles. The van der Waals surface area contributed by atoms with E-state index in [-0.39, 0.29) is 0 Å². The molecule has 78 valence electrons. The van der Waals surface area contributed by atoms with Crippen LogP contribution in [-0.4, -0.2) is 17.8 Å². The van der Waals surface area contributed by atoms with E-state index >= 15 is 0 Å². The van der Waals surface area contributed by atoms with Crippen LogP contribution >= 0.6 is 23.1 Å². The summed E-state index contributed by atoms with van der Waals surface area (Å²) in [4.78, 5) is 5.87.